The first kappa shape index (κ1) is 84.2. The first-order valence-electron chi connectivity index (χ1n) is 44.0. The molecular weight excluding hydrogens is 1500 g/mol. The first-order chi connectivity index (χ1) is 55.5. The fourth-order valence-electron chi connectivity index (χ4n) is 28.1. The predicted molar refractivity (Wildman–Crippen MR) is 422 cm³/mol. The third kappa shape index (κ3) is 13.6. The van der Waals surface area contributed by atoms with Crippen molar-refractivity contribution in [3.63, 3.8) is 0 Å². The van der Waals surface area contributed by atoms with Crippen LogP contribution in [0.4, 0.5) is 0 Å². The zero-order valence-corrected chi connectivity index (χ0v) is 69.5. The number of hydrogen-bond donors (Lipinski definition) is 9. The molecule has 0 bridgehead atoms. The molecule has 4 saturated heterocycles. The summed E-state index contributed by atoms with van der Waals surface area (Å²) < 4.78 is 68.4. The Morgan fingerprint density at radius 3 is 1.03 bits per heavy atom. The van der Waals surface area contributed by atoms with Crippen LogP contribution in [0.1, 0.15) is 251 Å². The smallest absolute Gasteiger partial charge is 0.335 e. The Bertz CT molecular complexity index is 4220. The van der Waals surface area contributed by atoms with Crippen molar-refractivity contribution in [1.29, 1.82) is 0 Å². The van der Waals surface area contributed by atoms with Gasteiger partial charge in [0.1, 0.15) is 48.8 Å². The maximum atomic E-state index is 12.6. The molecule has 4 aliphatic heterocycles. The van der Waals surface area contributed by atoms with Crippen molar-refractivity contribution in [2.24, 2.45) is 68.0 Å². The molecule has 0 aromatic carbocycles. The number of methoxy groups -OCH3 is 1. The largest absolute Gasteiger partial charge is 0.431 e. The molecule has 7 heterocycles. The SMILES string of the molecule is COC1O[C@H]2[C@H](O[C@@H]3C=C4CCC5C(CC[C@]6(C)[C@@H](c7ccc(=O)oc7)CC[C@]56O)[C@@]4(C)CC3)O[C@@H](C)C(=O)[C@H]2O1.C[C@@H]1O[C@@H](O[C@@H]2C=C3CCC4C(CC[C@]5(C)[C@@H](c6ccc(=O)oc6)CC[C@]45O)[C@@]3(C)CC2)[C@H](O)[C@H](O)[C@@H]1O.C[C@@H]1O[C@@H](O[C@@H]2C=C3CCC4C(CC[C@]5(C)[C@@H](c6ccc(=O)oc6)CC[C@]45O)[C@@]3(C)CC2)[C@H](O)[C@H](O)[C@H]1O. The molecule has 7 unspecified atom stereocenters. The van der Waals surface area contributed by atoms with E-state index in [1.807, 2.05) is 18.2 Å². The van der Waals surface area contributed by atoms with Crippen molar-refractivity contribution in [2.45, 2.75) is 362 Å². The molecular formula is C92H126O25. The second-order valence-electron chi connectivity index (χ2n) is 39.9. The van der Waals surface area contributed by atoms with E-state index in [1.54, 1.807) is 39.6 Å². The Kier molecular flexibility index (Phi) is 22.4. The lowest BCUT2D eigenvalue weighted by Gasteiger charge is -2.62. The zero-order chi connectivity index (χ0) is 82.8. The van der Waals surface area contributed by atoms with Crippen LogP contribution in [0, 0.1) is 68.0 Å². The monoisotopic (exact) mass is 1630 g/mol. The van der Waals surface area contributed by atoms with Crippen molar-refractivity contribution in [1.82, 2.24) is 0 Å². The van der Waals surface area contributed by atoms with E-state index in [2.05, 4.69) is 59.8 Å². The van der Waals surface area contributed by atoms with Gasteiger partial charge in [0.25, 0.3) is 6.48 Å². The van der Waals surface area contributed by atoms with Crippen molar-refractivity contribution < 1.29 is 107 Å². The van der Waals surface area contributed by atoms with Crippen LogP contribution < -0.4 is 16.9 Å². The molecule has 9 saturated carbocycles. The molecule has 19 rings (SSSR count). The molecule has 25 nitrogen and oxygen atoms in total. The van der Waals surface area contributed by atoms with Gasteiger partial charge in [-0.25, -0.2) is 14.4 Å². The van der Waals surface area contributed by atoms with Gasteiger partial charge in [-0.05, 0) is 279 Å². The molecule has 644 valence electrons. The number of ketones is 1. The molecule has 3 aromatic rings. The van der Waals surface area contributed by atoms with E-state index in [-0.39, 0.29) is 109 Å². The van der Waals surface area contributed by atoms with Crippen molar-refractivity contribution >= 4 is 5.78 Å². The van der Waals surface area contributed by atoms with Gasteiger partial charge in [0.05, 0.1) is 66.1 Å². The van der Waals surface area contributed by atoms with E-state index in [1.165, 1.54) is 42.0 Å². The predicted octanol–water partition coefficient (Wildman–Crippen LogP) is 10.2. The normalized spacial score (nSPS) is 50.0. The van der Waals surface area contributed by atoms with Gasteiger partial charge in [-0.3, -0.25) is 4.79 Å². The topological polar surface area (TPSA) is 373 Å². The Balaban J connectivity index is 0.000000126. The minimum absolute atomic E-state index is 0.00476. The Morgan fingerprint density at radius 1 is 0.368 bits per heavy atom. The molecule has 0 amide bonds. The number of Topliss-reactive ketones (excluding diaryl/α,β-unsaturated/α-hetero) is 1. The molecule has 16 aliphatic rings. The Labute approximate surface area is 684 Å². The number of fused-ring (bicyclic) bond motifs is 16. The summed E-state index contributed by atoms with van der Waals surface area (Å²) >= 11 is 0. The van der Waals surface area contributed by atoms with Crippen LogP contribution >= 0.6 is 0 Å². The van der Waals surface area contributed by atoms with E-state index in [9.17, 15) is 65.1 Å². The lowest BCUT2D eigenvalue weighted by molar-refractivity contribution is -0.301. The highest BCUT2D eigenvalue weighted by atomic mass is 16.9. The molecule has 9 N–H and O–H groups in total. The second-order valence-corrected chi connectivity index (χ2v) is 39.9. The molecule has 117 heavy (non-hydrogen) atoms. The standard InChI is InChI=1S/C32H42O9.2C30H42O8/c1-17-25(34)26-27(41-29(36-4)40-26)28(38-17)39-20-9-12-30(2)19(15-20)6-7-23-22(30)10-13-31(3)21(11-14-32(23,31)35)18-5-8-24(33)37-16-18;2*1-16-24(32)25(33)26(34)27(37-16)38-19-8-11-28(2)18(14-19)5-6-22-21(28)9-12-29(3)20(10-13-30(22,29)35)17-4-7-23(31)36-15-17/h5,8,15-17,20-23,26-29,35H,6-7,9-14H2,1-4H3;2*4,7,14-16,19-22,24-27,32-35H,5-6,8-13H2,1-3H3/t17-,20-,21+,22?,23?,26+,27+,28-,29?,30-,31+,32-;16-,19-,20+,21?,22?,24+,25+,26+,27-,28-,29+,30-;16-,19-,20+,21?,22?,24-,25+,26+,27-,28-,29+,30-/m000/s1. The number of allylic oxidation sites excluding steroid dienone is 3. The molecule has 0 radical (unpaired) electrons. The zero-order valence-electron chi connectivity index (χ0n) is 69.5. The van der Waals surface area contributed by atoms with E-state index in [0.717, 1.165) is 171 Å². The van der Waals surface area contributed by atoms with Gasteiger partial charge in [0, 0.05) is 41.6 Å². The maximum absolute atomic E-state index is 12.6. The summed E-state index contributed by atoms with van der Waals surface area (Å²) in [4.78, 5) is 47.3. The average Bonchev–Trinajstić information content (AvgIpc) is 1.63. The van der Waals surface area contributed by atoms with Crippen LogP contribution in [0.2, 0.25) is 0 Å². The number of carbonyl (C=O) groups excluding carboxylic acids is 1. The van der Waals surface area contributed by atoms with Gasteiger partial charge in [-0.2, -0.15) is 0 Å². The third-order valence-electron chi connectivity index (χ3n) is 35.0. The van der Waals surface area contributed by atoms with Gasteiger partial charge >= 0.3 is 16.9 Å². The number of ether oxygens (including phenoxy) is 9. The highest BCUT2D eigenvalue weighted by Gasteiger charge is 2.71. The lowest BCUT2D eigenvalue weighted by atomic mass is 9.45. The van der Waals surface area contributed by atoms with E-state index in [0.29, 0.717) is 17.8 Å². The Hall–Kier alpha value is -4.98. The number of carbonyl (C=O) groups is 1. The quantitative estimate of drug-likeness (QED) is 0.0852. The summed E-state index contributed by atoms with van der Waals surface area (Å²) in [6.07, 6.45) is 19.0. The van der Waals surface area contributed by atoms with Crippen LogP contribution in [0.5, 0.6) is 0 Å². The van der Waals surface area contributed by atoms with Crippen molar-refractivity contribution in [2.75, 3.05) is 7.11 Å². The van der Waals surface area contributed by atoms with Crippen LogP contribution in [-0.2, 0) is 47.4 Å². The highest BCUT2D eigenvalue weighted by molar-refractivity contribution is 5.88. The van der Waals surface area contributed by atoms with Gasteiger partial charge in [0.2, 0.25) is 0 Å². The molecule has 13 fully saturated rings. The number of aliphatic hydroxyl groups is 9. The molecule has 12 aliphatic carbocycles. The molecule has 3 aromatic heterocycles. The van der Waals surface area contributed by atoms with Crippen molar-refractivity contribution in [3.05, 3.63) is 138 Å². The molecule has 0 spiro atoms. The second kappa shape index (κ2) is 31.1. The number of aliphatic hydroxyl groups excluding tert-OH is 6. The number of hydrogen-bond acceptors (Lipinski definition) is 25. The molecule has 36 atom stereocenters. The van der Waals surface area contributed by atoms with Gasteiger partial charge in [-0.15, -0.1) is 0 Å². The summed E-state index contributed by atoms with van der Waals surface area (Å²) in [6, 6.07) is 10.1. The van der Waals surface area contributed by atoms with E-state index >= 15 is 0 Å². The summed E-state index contributed by atoms with van der Waals surface area (Å²) in [5.74, 6) is 2.17. The third-order valence-corrected chi connectivity index (χ3v) is 35.0. The van der Waals surface area contributed by atoms with E-state index in [4.69, 9.17) is 55.9 Å². The van der Waals surface area contributed by atoms with Crippen LogP contribution in [0.3, 0.4) is 0 Å². The van der Waals surface area contributed by atoms with Crippen LogP contribution in [0.25, 0.3) is 0 Å². The van der Waals surface area contributed by atoms with Gasteiger partial charge in [0.15, 0.2) is 30.8 Å². The highest BCUT2D eigenvalue weighted by Crippen LogP contribution is 2.74. The average molecular weight is 1630 g/mol. The van der Waals surface area contributed by atoms with Gasteiger partial charge < -0.3 is 102 Å². The molecule has 25 heteroatoms. The fourth-order valence-corrected chi connectivity index (χ4v) is 28.1. The lowest BCUT2D eigenvalue weighted by Crippen LogP contribution is -2.60. The maximum Gasteiger partial charge on any atom is 0.335 e. The minimum atomic E-state index is -1.31. The van der Waals surface area contributed by atoms with Crippen molar-refractivity contribution in [3.8, 4) is 0 Å². The first-order valence-corrected chi connectivity index (χ1v) is 44.0. The van der Waals surface area contributed by atoms with E-state index < -0.39 is 109 Å². The fraction of sp³-hybridized carbons (Fsp3) is 0.761. The Morgan fingerprint density at radius 2 is 0.709 bits per heavy atom. The minimum Gasteiger partial charge on any atom is -0.431 e. The van der Waals surface area contributed by atoms with Crippen LogP contribution in [0.15, 0.2) is 118 Å². The summed E-state index contributed by atoms with van der Waals surface area (Å²) in [7, 11) is 1.48. The van der Waals surface area contributed by atoms with Gasteiger partial charge in [-0.1, -0.05) is 76.5 Å². The summed E-state index contributed by atoms with van der Waals surface area (Å²) in [5.41, 5.74) is 3.09. The van der Waals surface area contributed by atoms with Crippen LogP contribution in [-0.4, -0.2) is 186 Å². The number of rotatable bonds is 10. The summed E-state index contributed by atoms with van der Waals surface area (Å²) in [5, 5.41) is 98.5. The summed E-state index contributed by atoms with van der Waals surface area (Å²) in [6.45, 7) is 18.0.